The van der Waals surface area contributed by atoms with Crippen LogP contribution in [0.25, 0.3) is 0 Å². The predicted molar refractivity (Wildman–Crippen MR) is 75.2 cm³/mol. The molecule has 3 rings (SSSR count). The zero-order valence-corrected chi connectivity index (χ0v) is 11.5. The van der Waals surface area contributed by atoms with Gasteiger partial charge in [-0.3, -0.25) is 4.79 Å². The molecule has 2 saturated heterocycles. The van der Waals surface area contributed by atoms with Gasteiger partial charge in [0.1, 0.15) is 5.82 Å². The van der Waals surface area contributed by atoms with E-state index >= 15 is 0 Å². The van der Waals surface area contributed by atoms with Crippen LogP contribution in [0.2, 0.25) is 0 Å². The summed E-state index contributed by atoms with van der Waals surface area (Å²) in [6, 6.07) is 4.52. The number of aryl methyl sites for hydroxylation is 1. The number of amides is 1. The van der Waals surface area contributed by atoms with Crippen molar-refractivity contribution >= 4 is 12.2 Å². The summed E-state index contributed by atoms with van der Waals surface area (Å²) < 4.78 is 0. The van der Waals surface area contributed by atoms with E-state index in [2.05, 4.69) is 24.0 Å². The highest BCUT2D eigenvalue weighted by atomic mass is 16.1. The number of aromatic nitrogens is 1. The van der Waals surface area contributed by atoms with Gasteiger partial charge in [-0.2, -0.15) is 0 Å². The Balaban J connectivity index is 1.84. The maximum absolute atomic E-state index is 11.1. The summed E-state index contributed by atoms with van der Waals surface area (Å²) in [5, 5.41) is 0. The molecule has 102 valence electrons. The number of hydrogen-bond acceptors (Lipinski definition) is 3. The average molecular weight is 259 g/mol. The molecule has 1 unspecified atom stereocenters. The van der Waals surface area contributed by atoms with Gasteiger partial charge in [0.15, 0.2) is 0 Å². The molecule has 4 nitrogen and oxygen atoms in total. The topological polar surface area (TPSA) is 36.4 Å². The van der Waals surface area contributed by atoms with Gasteiger partial charge >= 0.3 is 0 Å². The monoisotopic (exact) mass is 259 g/mol. The second-order valence-corrected chi connectivity index (χ2v) is 5.54. The standard InChI is InChI=1S/C15H21N3O/c1-12-13(14-5-4-10-18(14)11-19)6-7-15(16-12)17-8-2-3-9-17/h6-7,11,14H,2-5,8-10H2,1H3. The first-order valence-electron chi connectivity index (χ1n) is 7.23. The van der Waals surface area contributed by atoms with Crippen molar-refractivity contribution in [2.24, 2.45) is 0 Å². The molecule has 1 atom stereocenters. The lowest BCUT2D eigenvalue weighted by atomic mass is 10.0. The molecule has 1 aromatic heterocycles. The van der Waals surface area contributed by atoms with Gasteiger partial charge in [-0.05, 0) is 44.2 Å². The van der Waals surface area contributed by atoms with Crippen LogP contribution in [0, 0.1) is 6.92 Å². The molecule has 0 saturated carbocycles. The van der Waals surface area contributed by atoms with Gasteiger partial charge in [-0.15, -0.1) is 0 Å². The van der Waals surface area contributed by atoms with Crippen molar-refractivity contribution in [2.45, 2.75) is 38.6 Å². The van der Waals surface area contributed by atoms with Crippen LogP contribution in [-0.2, 0) is 4.79 Å². The third kappa shape index (κ3) is 2.31. The van der Waals surface area contributed by atoms with Crippen LogP contribution in [0.1, 0.15) is 43.0 Å². The van der Waals surface area contributed by atoms with Gasteiger partial charge in [-0.1, -0.05) is 6.07 Å². The molecule has 2 aliphatic rings. The van der Waals surface area contributed by atoms with E-state index in [0.717, 1.165) is 50.4 Å². The van der Waals surface area contributed by atoms with Crippen molar-refractivity contribution in [3.63, 3.8) is 0 Å². The Kier molecular flexibility index (Phi) is 3.40. The van der Waals surface area contributed by atoms with Crippen molar-refractivity contribution in [2.75, 3.05) is 24.5 Å². The van der Waals surface area contributed by atoms with Crippen molar-refractivity contribution in [1.82, 2.24) is 9.88 Å². The minimum atomic E-state index is 0.234. The van der Waals surface area contributed by atoms with E-state index in [-0.39, 0.29) is 6.04 Å². The fourth-order valence-corrected chi connectivity index (χ4v) is 3.28. The third-order valence-corrected chi connectivity index (χ3v) is 4.33. The van der Waals surface area contributed by atoms with E-state index in [1.54, 1.807) is 0 Å². The average Bonchev–Trinajstić information content (AvgIpc) is 3.09. The molecular weight excluding hydrogens is 238 g/mol. The second kappa shape index (κ2) is 5.19. The predicted octanol–water partition coefficient (Wildman–Crippen LogP) is 2.28. The largest absolute Gasteiger partial charge is 0.357 e. The number of carbonyl (C=O) groups is 1. The lowest BCUT2D eigenvalue weighted by Gasteiger charge is -2.23. The summed E-state index contributed by atoms with van der Waals surface area (Å²) in [6.45, 7) is 5.18. The molecule has 0 aromatic carbocycles. The Morgan fingerprint density at radius 2 is 2.00 bits per heavy atom. The number of nitrogens with zero attached hydrogens (tertiary/aromatic N) is 3. The smallest absolute Gasteiger partial charge is 0.210 e. The number of rotatable bonds is 3. The summed E-state index contributed by atoms with van der Waals surface area (Å²) in [5.74, 6) is 1.09. The van der Waals surface area contributed by atoms with E-state index in [4.69, 9.17) is 4.98 Å². The summed E-state index contributed by atoms with van der Waals surface area (Å²) in [7, 11) is 0. The number of anilines is 1. The van der Waals surface area contributed by atoms with E-state index < -0.39 is 0 Å². The van der Waals surface area contributed by atoms with E-state index in [1.807, 2.05) is 4.90 Å². The second-order valence-electron chi connectivity index (χ2n) is 5.54. The lowest BCUT2D eigenvalue weighted by Crippen LogP contribution is -2.23. The Hall–Kier alpha value is -1.58. The van der Waals surface area contributed by atoms with Crippen molar-refractivity contribution in [3.05, 3.63) is 23.4 Å². The summed E-state index contributed by atoms with van der Waals surface area (Å²) >= 11 is 0. The van der Waals surface area contributed by atoms with Gasteiger partial charge in [0, 0.05) is 25.3 Å². The molecule has 2 fully saturated rings. The molecule has 1 amide bonds. The Bertz CT molecular complexity index is 468. The molecule has 0 bridgehead atoms. The van der Waals surface area contributed by atoms with Crippen LogP contribution < -0.4 is 4.90 Å². The van der Waals surface area contributed by atoms with Gasteiger partial charge in [0.05, 0.1) is 6.04 Å². The van der Waals surface area contributed by atoms with Crippen LogP contribution in [0.4, 0.5) is 5.82 Å². The van der Waals surface area contributed by atoms with Crippen molar-refractivity contribution in [1.29, 1.82) is 0 Å². The highest BCUT2D eigenvalue weighted by molar-refractivity contribution is 5.51. The summed E-state index contributed by atoms with van der Waals surface area (Å²) in [6.07, 6.45) is 5.67. The highest BCUT2D eigenvalue weighted by Crippen LogP contribution is 2.33. The molecule has 19 heavy (non-hydrogen) atoms. The van der Waals surface area contributed by atoms with Gasteiger partial charge in [0.2, 0.25) is 6.41 Å². The fraction of sp³-hybridized carbons (Fsp3) is 0.600. The summed E-state index contributed by atoms with van der Waals surface area (Å²) in [4.78, 5) is 20.1. The van der Waals surface area contributed by atoms with Gasteiger partial charge in [0.25, 0.3) is 0 Å². The lowest BCUT2D eigenvalue weighted by molar-refractivity contribution is -0.118. The maximum Gasteiger partial charge on any atom is 0.210 e. The van der Waals surface area contributed by atoms with E-state index in [9.17, 15) is 4.79 Å². The van der Waals surface area contributed by atoms with Crippen LogP contribution in [0.15, 0.2) is 12.1 Å². The number of likely N-dealkylation sites (tertiary alicyclic amines) is 1. The molecule has 0 radical (unpaired) electrons. The Labute approximate surface area is 114 Å². The maximum atomic E-state index is 11.1. The molecule has 0 aliphatic carbocycles. The summed E-state index contributed by atoms with van der Waals surface area (Å²) in [5.41, 5.74) is 2.29. The molecule has 0 spiro atoms. The fourth-order valence-electron chi connectivity index (χ4n) is 3.28. The van der Waals surface area contributed by atoms with Crippen LogP contribution in [-0.4, -0.2) is 35.9 Å². The minimum Gasteiger partial charge on any atom is -0.357 e. The van der Waals surface area contributed by atoms with Crippen LogP contribution >= 0.6 is 0 Å². The van der Waals surface area contributed by atoms with Crippen LogP contribution in [0.3, 0.4) is 0 Å². The quantitative estimate of drug-likeness (QED) is 0.781. The molecular formula is C15H21N3O. The SMILES string of the molecule is Cc1nc(N2CCCC2)ccc1C1CCCN1C=O. The first-order chi connectivity index (χ1) is 9.29. The first-order valence-corrected chi connectivity index (χ1v) is 7.23. The van der Waals surface area contributed by atoms with Gasteiger partial charge < -0.3 is 9.80 Å². The Morgan fingerprint density at radius 3 is 2.68 bits per heavy atom. The zero-order valence-electron chi connectivity index (χ0n) is 11.5. The molecule has 3 heterocycles. The van der Waals surface area contributed by atoms with Crippen molar-refractivity contribution in [3.8, 4) is 0 Å². The van der Waals surface area contributed by atoms with E-state index in [1.165, 1.54) is 18.4 Å². The number of hydrogen-bond donors (Lipinski definition) is 0. The Morgan fingerprint density at radius 1 is 1.21 bits per heavy atom. The van der Waals surface area contributed by atoms with Crippen LogP contribution in [0.5, 0.6) is 0 Å². The molecule has 2 aliphatic heterocycles. The highest BCUT2D eigenvalue weighted by Gasteiger charge is 2.26. The third-order valence-electron chi connectivity index (χ3n) is 4.33. The number of pyridine rings is 1. The molecule has 0 N–H and O–H groups in total. The molecule has 4 heteroatoms. The molecule has 1 aromatic rings. The normalized spacial score (nSPS) is 23.1. The van der Waals surface area contributed by atoms with Crippen molar-refractivity contribution < 1.29 is 4.79 Å². The zero-order chi connectivity index (χ0) is 13.2. The van der Waals surface area contributed by atoms with Gasteiger partial charge in [-0.25, -0.2) is 4.98 Å². The van der Waals surface area contributed by atoms with E-state index in [0.29, 0.717) is 0 Å². The minimum absolute atomic E-state index is 0.234. The first kappa shape index (κ1) is 12.5. The number of carbonyl (C=O) groups excluding carboxylic acids is 1.